The van der Waals surface area contributed by atoms with Gasteiger partial charge in [0, 0.05) is 4.88 Å². The van der Waals surface area contributed by atoms with E-state index in [-0.39, 0.29) is 5.82 Å². The average molecular weight is 307 g/mol. The van der Waals surface area contributed by atoms with Crippen LogP contribution in [-0.2, 0) is 6.54 Å². The van der Waals surface area contributed by atoms with Crippen LogP contribution in [0.4, 0.5) is 23.4 Å². The van der Waals surface area contributed by atoms with Crippen molar-refractivity contribution in [1.82, 2.24) is 9.97 Å². The zero-order valence-corrected chi connectivity index (χ0v) is 10.8. The molecule has 0 saturated heterocycles. The molecule has 0 spiro atoms. The molecule has 0 aliphatic heterocycles. The standard InChI is InChI=1S/C11H9F4N3OS/c12-8-5-17-10(19-6-11(13,14)15)18-9(8)16-4-7-2-1-3-20-7/h1-3,5H,4,6H2,(H,16,17,18). The molecular weight excluding hydrogens is 298 g/mol. The van der Waals surface area contributed by atoms with E-state index in [1.807, 2.05) is 17.5 Å². The van der Waals surface area contributed by atoms with E-state index in [1.54, 1.807) is 0 Å². The predicted octanol–water partition coefficient (Wildman–Crippen LogP) is 3.23. The first kappa shape index (κ1) is 14.5. The monoisotopic (exact) mass is 307 g/mol. The SMILES string of the molecule is Fc1cnc(OCC(F)(F)F)nc1NCc1cccs1. The molecule has 0 aromatic carbocycles. The van der Waals surface area contributed by atoms with Gasteiger partial charge in [0.2, 0.25) is 0 Å². The molecule has 0 aliphatic rings. The number of alkyl halides is 3. The first-order chi connectivity index (χ1) is 9.44. The Balaban J connectivity index is 2.01. The largest absolute Gasteiger partial charge is 0.454 e. The van der Waals surface area contributed by atoms with Crippen LogP contribution in [0, 0.1) is 5.82 Å². The Morgan fingerprint density at radius 1 is 1.35 bits per heavy atom. The zero-order chi connectivity index (χ0) is 14.6. The van der Waals surface area contributed by atoms with E-state index in [4.69, 9.17) is 0 Å². The Kier molecular flexibility index (Phi) is 4.38. The molecule has 0 fully saturated rings. The van der Waals surface area contributed by atoms with Gasteiger partial charge in [-0.15, -0.1) is 11.3 Å². The van der Waals surface area contributed by atoms with Crippen LogP contribution < -0.4 is 10.1 Å². The molecule has 0 atom stereocenters. The number of hydrogen-bond acceptors (Lipinski definition) is 5. The lowest BCUT2D eigenvalue weighted by Gasteiger charge is -2.09. The van der Waals surface area contributed by atoms with Crippen LogP contribution in [0.2, 0.25) is 0 Å². The van der Waals surface area contributed by atoms with Crippen LogP contribution >= 0.6 is 11.3 Å². The molecule has 0 aliphatic carbocycles. The predicted molar refractivity (Wildman–Crippen MR) is 65.2 cm³/mol. The quantitative estimate of drug-likeness (QED) is 0.862. The molecule has 1 N–H and O–H groups in total. The van der Waals surface area contributed by atoms with Gasteiger partial charge in [-0.05, 0) is 11.4 Å². The first-order valence-electron chi connectivity index (χ1n) is 5.42. The molecule has 0 bridgehead atoms. The molecule has 2 rings (SSSR count). The number of aromatic nitrogens is 2. The van der Waals surface area contributed by atoms with Crippen LogP contribution in [0.3, 0.4) is 0 Å². The molecule has 0 unspecified atom stereocenters. The fourth-order valence-corrected chi connectivity index (χ4v) is 1.92. The highest BCUT2D eigenvalue weighted by molar-refractivity contribution is 7.09. The number of anilines is 1. The van der Waals surface area contributed by atoms with Crippen LogP contribution in [0.15, 0.2) is 23.7 Å². The van der Waals surface area contributed by atoms with Crippen LogP contribution in [0.25, 0.3) is 0 Å². The molecule has 0 amide bonds. The normalized spacial score (nSPS) is 11.4. The van der Waals surface area contributed by atoms with E-state index in [1.165, 1.54) is 11.3 Å². The van der Waals surface area contributed by atoms with Gasteiger partial charge in [0.1, 0.15) is 0 Å². The van der Waals surface area contributed by atoms with Crippen LogP contribution in [0.1, 0.15) is 4.88 Å². The number of ether oxygens (including phenoxy) is 1. The molecule has 4 nitrogen and oxygen atoms in total. The summed E-state index contributed by atoms with van der Waals surface area (Å²) in [5.41, 5.74) is 0. The van der Waals surface area contributed by atoms with Gasteiger partial charge in [-0.1, -0.05) is 6.07 Å². The number of nitrogens with one attached hydrogen (secondary N) is 1. The second-order valence-corrected chi connectivity index (χ2v) is 4.72. The fourth-order valence-electron chi connectivity index (χ4n) is 1.27. The number of halogens is 4. The van der Waals surface area contributed by atoms with E-state index in [9.17, 15) is 17.6 Å². The van der Waals surface area contributed by atoms with Crippen molar-refractivity contribution in [3.05, 3.63) is 34.4 Å². The average Bonchev–Trinajstić information content (AvgIpc) is 2.88. The molecule has 2 aromatic rings. The molecule has 2 aromatic heterocycles. The Hall–Kier alpha value is -1.90. The lowest BCUT2D eigenvalue weighted by atomic mass is 10.4. The molecular formula is C11H9F4N3OS. The van der Waals surface area contributed by atoms with E-state index >= 15 is 0 Å². The van der Waals surface area contributed by atoms with Gasteiger partial charge in [0.25, 0.3) is 0 Å². The summed E-state index contributed by atoms with van der Waals surface area (Å²) in [6, 6.07) is 3.13. The van der Waals surface area contributed by atoms with Gasteiger partial charge in [-0.3, -0.25) is 0 Å². The maximum absolute atomic E-state index is 13.4. The lowest BCUT2D eigenvalue weighted by molar-refractivity contribution is -0.154. The van der Waals surface area contributed by atoms with Crippen molar-refractivity contribution < 1.29 is 22.3 Å². The van der Waals surface area contributed by atoms with Crippen LogP contribution in [0.5, 0.6) is 6.01 Å². The maximum atomic E-state index is 13.4. The maximum Gasteiger partial charge on any atom is 0.422 e. The van der Waals surface area contributed by atoms with E-state index in [0.717, 1.165) is 11.1 Å². The third-order valence-electron chi connectivity index (χ3n) is 2.10. The Labute approximate surface area is 115 Å². The lowest BCUT2D eigenvalue weighted by Crippen LogP contribution is -2.20. The summed E-state index contributed by atoms with van der Waals surface area (Å²) in [6.45, 7) is -1.21. The third kappa shape index (κ3) is 4.34. The summed E-state index contributed by atoms with van der Waals surface area (Å²) >= 11 is 1.46. The third-order valence-corrected chi connectivity index (χ3v) is 2.97. The van der Waals surface area contributed by atoms with Gasteiger partial charge in [0.15, 0.2) is 18.2 Å². The number of rotatable bonds is 5. The summed E-state index contributed by atoms with van der Waals surface area (Å²) in [5.74, 6) is -0.966. The molecule has 0 radical (unpaired) electrons. The minimum atomic E-state index is -4.50. The highest BCUT2D eigenvalue weighted by Gasteiger charge is 2.29. The van der Waals surface area contributed by atoms with E-state index < -0.39 is 24.6 Å². The number of hydrogen-bond donors (Lipinski definition) is 1. The molecule has 9 heteroatoms. The summed E-state index contributed by atoms with van der Waals surface area (Å²) in [5, 5.41) is 4.53. The summed E-state index contributed by atoms with van der Waals surface area (Å²) in [7, 11) is 0. The van der Waals surface area contributed by atoms with Crippen molar-refractivity contribution in [3.8, 4) is 6.01 Å². The van der Waals surface area contributed by atoms with Gasteiger partial charge >= 0.3 is 12.2 Å². The highest BCUT2D eigenvalue weighted by Crippen LogP contribution is 2.19. The van der Waals surface area contributed by atoms with Crippen molar-refractivity contribution in [2.45, 2.75) is 12.7 Å². The molecule has 2 heterocycles. The Bertz CT molecular complexity index is 559. The van der Waals surface area contributed by atoms with Crippen molar-refractivity contribution in [1.29, 1.82) is 0 Å². The van der Waals surface area contributed by atoms with Crippen molar-refractivity contribution in [2.75, 3.05) is 11.9 Å². The smallest absolute Gasteiger partial charge is 0.422 e. The van der Waals surface area contributed by atoms with Gasteiger partial charge in [0.05, 0.1) is 12.7 Å². The van der Waals surface area contributed by atoms with E-state index in [2.05, 4.69) is 20.0 Å². The van der Waals surface area contributed by atoms with Crippen LogP contribution in [-0.4, -0.2) is 22.8 Å². The van der Waals surface area contributed by atoms with Crippen molar-refractivity contribution in [2.24, 2.45) is 0 Å². The summed E-state index contributed by atoms with van der Waals surface area (Å²) < 4.78 is 53.7. The van der Waals surface area contributed by atoms with Gasteiger partial charge < -0.3 is 10.1 Å². The van der Waals surface area contributed by atoms with Gasteiger partial charge in [-0.25, -0.2) is 9.37 Å². The highest BCUT2D eigenvalue weighted by atomic mass is 32.1. The molecule has 20 heavy (non-hydrogen) atoms. The van der Waals surface area contributed by atoms with Crippen molar-refractivity contribution >= 4 is 17.2 Å². The number of thiophene rings is 1. The molecule has 108 valence electrons. The van der Waals surface area contributed by atoms with E-state index in [0.29, 0.717) is 6.54 Å². The summed E-state index contributed by atoms with van der Waals surface area (Å²) in [4.78, 5) is 7.83. The fraction of sp³-hybridized carbons (Fsp3) is 0.273. The minimum Gasteiger partial charge on any atom is -0.454 e. The van der Waals surface area contributed by atoms with Gasteiger partial charge in [-0.2, -0.15) is 18.2 Å². The van der Waals surface area contributed by atoms with Crippen molar-refractivity contribution in [3.63, 3.8) is 0 Å². The molecule has 0 saturated carbocycles. The topological polar surface area (TPSA) is 47.0 Å². The second kappa shape index (κ2) is 6.04. The Morgan fingerprint density at radius 3 is 2.80 bits per heavy atom. The number of nitrogens with zero attached hydrogens (tertiary/aromatic N) is 2. The zero-order valence-electron chi connectivity index (χ0n) is 9.95. The first-order valence-corrected chi connectivity index (χ1v) is 6.30. The minimum absolute atomic E-state index is 0.203. The summed E-state index contributed by atoms with van der Waals surface area (Å²) in [6.07, 6.45) is -3.74. The second-order valence-electron chi connectivity index (χ2n) is 3.69. The Morgan fingerprint density at radius 2 is 2.15 bits per heavy atom.